The molecular formula is C17H26N2O3S. The van der Waals surface area contributed by atoms with E-state index in [9.17, 15) is 4.79 Å². The predicted octanol–water partition coefficient (Wildman–Crippen LogP) is 2.33. The second kappa shape index (κ2) is 8.22. The van der Waals surface area contributed by atoms with Gasteiger partial charge in [-0.1, -0.05) is 0 Å². The molecule has 128 valence electrons. The van der Waals surface area contributed by atoms with Gasteiger partial charge in [0.05, 0.1) is 25.3 Å². The summed E-state index contributed by atoms with van der Waals surface area (Å²) in [6.45, 7) is 5.90. The number of amides is 1. The Morgan fingerprint density at radius 3 is 2.96 bits per heavy atom. The molecule has 3 heterocycles. The van der Waals surface area contributed by atoms with Crippen molar-refractivity contribution in [1.29, 1.82) is 0 Å². The molecule has 1 aromatic rings. The van der Waals surface area contributed by atoms with Gasteiger partial charge in [-0.2, -0.15) is 11.8 Å². The smallest absolute Gasteiger partial charge is 0.257 e. The van der Waals surface area contributed by atoms with Crippen molar-refractivity contribution in [2.75, 3.05) is 51.4 Å². The highest BCUT2D eigenvalue weighted by Crippen LogP contribution is 2.22. The van der Waals surface area contributed by atoms with E-state index in [0.29, 0.717) is 11.5 Å². The number of nitrogens with zero attached hydrogens (tertiary/aromatic N) is 2. The van der Waals surface area contributed by atoms with Gasteiger partial charge in [0.15, 0.2) is 0 Å². The summed E-state index contributed by atoms with van der Waals surface area (Å²) in [4.78, 5) is 17.0. The average molecular weight is 338 g/mol. The minimum Gasteiger partial charge on any atom is -0.467 e. The van der Waals surface area contributed by atoms with E-state index in [-0.39, 0.29) is 5.91 Å². The zero-order valence-corrected chi connectivity index (χ0v) is 14.6. The lowest BCUT2D eigenvalue weighted by Gasteiger charge is -2.32. The first-order valence-corrected chi connectivity index (χ1v) is 9.81. The molecule has 0 spiro atoms. The monoisotopic (exact) mass is 338 g/mol. The Balaban J connectivity index is 1.57. The van der Waals surface area contributed by atoms with Gasteiger partial charge >= 0.3 is 0 Å². The number of likely N-dealkylation sites (tertiary alicyclic amines) is 1. The SMILES string of the molecule is CSC[C@H]1CCCN(C(=O)c2coc(CN3CCOCC3)c2)C1. The zero-order chi connectivity index (χ0) is 16.1. The van der Waals surface area contributed by atoms with Crippen LogP contribution in [-0.4, -0.2) is 67.1 Å². The second-order valence-electron chi connectivity index (χ2n) is 6.40. The van der Waals surface area contributed by atoms with Gasteiger partial charge in [-0.3, -0.25) is 9.69 Å². The number of carbonyl (C=O) groups is 1. The fraction of sp³-hybridized carbons (Fsp3) is 0.706. The fourth-order valence-corrected chi connectivity index (χ4v) is 4.10. The van der Waals surface area contributed by atoms with Crippen LogP contribution in [0.15, 0.2) is 16.7 Å². The molecule has 6 heteroatoms. The maximum atomic E-state index is 12.7. The lowest BCUT2D eigenvalue weighted by atomic mass is 9.99. The van der Waals surface area contributed by atoms with Crippen molar-refractivity contribution in [3.8, 4) is 0 Å². The van der Waals surface area contributed by atoms with E-state index in [1.807, 2.05) is 22.7 Å². The highest BCUT2D eigenvalue weighted by atomic mass is 32.2. The standard InChI is InChI=1S/C17H26N2O3S/c1-23-13-14-3-2-4-19(10-14)17(20)15-9-16(22-12-15)11-18-5-7-21-8-6-18/h9,12,14H,2-8,10-11,13H2,1H3/t14-/m0/s1. The van der Waals surface area contributed by atoms with Crippen molar-refractivity contribution in [2.24, 2.45) is 5.92 Å². The number of ether oxygens (including phenoxy) is 1. The highest BCUT2D eigenvalue weighted by molar-refractivity contribution is 7.98. The molecule has 0 aromatic carbocycles. The third-order valence-corrected chi connectivity index (χ3v) is 5.40. The molecule has 2 fully saturated rings. The van der Waals surface area contributed by atoms with Crippen LogP contribution in [0.1, 0.15) is 29.0 Å². The normalized spacial score (nSPS) is 23.2. The Morgan fingerprint density at radius 2 is 2.17 bits per heavy atom. The summed E-state index contributed by atoms with van der Waals surface area (Å²) >= 11 is 1.87. The molecular weight excluding hydrogens is 312 g/mol. The molecule has 2 aliphatic heterocycles. The number of hydrogen-bond donors (Lipinski definition) is 0. The Kier molecular flexibility index (Phi) is 6.02. The number of rotatable bonds is 5. The van der Waals surface area contributed by atoms with E-state index >= 15 is 0 Å². The van der Waals surface area contributed by atoms with Gasteiger partial charge in [0, 0.05) is 26.2 Å². The lowest BCUT2D eigenvalue weighted by Crippen LogP contribution is -2.40. The molecule has 1 aromatic heterocycles. The van der Waals surface area contributed by atoms with Gasteiger partial charge in [-0.15, -0.1) is 0 Å². The molecule has 1 amide bonds. The third kappa shape index (κ3) is 4.52. The first kappa shape index (κ1) is 16.9. The molecule has 0 radical (unpaired) electrons. The van der Waals surface area contributed by atoms with Crippen LogP contribution in [0.2, 0.25) is 0 Å². The van der Waals surface area contributed by atoms with Gasteiger partial charge in [0.1, 0.15) is 12.0 Å². The van der Waals surface area contributed by atoms with Crippen molar-refractivity contribution in [3.63, 3.8) is 0 Å². The number of thioether (sulfide) groups is 1. The van der Waals surface area contributed by atoms with Gasteiger partial charge in [0.25, 0.3) is 5.91 Å². The van der Waals surface area contributed by atoms with Gasteiger partial charge < -0.3 is 14.1 Å². The van der Waals surface area contributed by atoms with E-state index in [1.54, 1.807) is 6.26 Å². The van der Waals surface area contributed by atoms with Crippen LogP contribution in [0.4, 0.5) is 0 Å². The van der Waals surface area contributed by atoms with Crippen LogP contribution in [-0.2, 0) is 11.3 Å². The van der Waals surface area contributed by atoms with E-state index < -0.39 is 0 Å². The number of hydrogen-bond acceptors (Lipinski definition) is 5. The fourth-order valence-electron chi connectivity index (χ4n) is 3.36. The highest BCUT2D eigenvalue weighted by Gasteiger charge is 2.25. The minimum atomic E-state index is 0.118. The second-order valence-corrected chi connectivity index (χ2v) is 7.32. The molecule has 0 aliphatic carbocycles. The molecule has 23 heavy (non-hydrogen) atoms. The van der Waals surface area contributed by atoms with Crippen LogP contribution in [0, 0.1) is 5.92 Å². The summed E-state index contributed by atoms with van der Waals surface area (Å²) in [6, 6.07) is 1.91. The van der Waals surface area contributed by atoms with Gasteiger partial charge in [-0.05, 0) is 36.8 Å². The average Bonchev–Trinajstić information content (AvgIpc) is 3.04. The maximum absolute atomic E-state index is 12.7. The molecule has 0 saturated carbocycles. The number of furan rings is 1. The summed E-state index contributed by atoms with van der Waals surface area (Å²) in [7, 11) is 0. The van der Waals surface area contributed by atoms with Crippen LogP contribution >= 0.6 is 11.8 Å². The first-order valence-electron chi connectivity index (χ1n) is 8.42. The maximum Gasteiger partial charge on any atom is 0.257 e. The molecule has 5 nitrogen and oxygen atoms in total. The van der Waals surface area contributed by atoms with E-state index in [4.69, 9.17) is 9.15 Å². The van der Waals surface area contributed by atoms with Crippen molar-refractivity contribution >= 4 is 17.7 Å². The molecule has 3 rings (SSSR count). The van der Waals surface area contributed by atoms with E-state index in [2.05, 4.69) is 11.2 Å². The van der Waals surface area contributed by atoms with Crippen LogP contribution in [0.25, 0.3) is 0 Å². The van der Waals surface area contributed by atoms with Crippen molar-refractivity contribution in [2.45, 2.75) is 19.4 Å². The van der Waals surface area contributed by atoms with Crippen molar-refractivity contribution in [3.05, 3.63) is 23.7 Å². The van der Waals surface area contributed by atoms with Gasteiger partial charge in [0.2, 0.25) is 0 Å². The van der Waals surface area contributed by atoms with Crippen molar-refractivity contribution in [1.82, 2.24) is 9.80 Å². The largest absolute Gasteiger partial charge is 0.467 e. The van der Waals surface area contributed by atoms with E-state index in [1.165, 1.54) is 6.42 Å². The molecule has 0 unspecified atom stereocenters. The Labute approximate surface area is 142 Å². The minimum absolute atomic E-state index is 0.118. The molecule has 2 saturated heterocycles. The number of morpholine rings is 1. The molecule has 1 atom stereocenters. The van der Waals surface area contributed by atoms with Crippen molar-refractivity contribution < 1.29 is 13.9 Å². The van der Waals surface area contributed by atoms with Crippen LogP contribution in [0.3, 0.4) is 0 Å². The molecule has 0 N–H and O–H groups in total. The summed E-state index contributed by atoms with van der Waals surface area (Å²) in [5.41, 5.74) is 0.693. The Bertz CT molecular complexity index is 512. The Hall–Kier alpha value is -0.980. The first-order chi connectivity index (χ1) is 11.3. The number of piperidine rings is 1. The van der Waals surface area contributed by atoms with Gasteiger partial charge in [-0.25, -0.2) is 0 Å². The molecule has 2 aliphatic rings. The lowest BCUT2D eigenvalue weighted by molar-refractivity contribution is 0.0313. The Morgan fingerprint density at radius 1 is 1.35 bits per heavy atom. The zero-order valence-electron chi connectivity index (χ0n) is 13.8. The summed E-state index contributed by atoms with van der Waals surface area (Å²) in [5.74, 6) is 2.75. The quantitative estimate of drug-likeness (QED) is 0.824. The van der Waals surface area contributed by atoms with E-state index in [0.717, 1.165) is 63.9 Å². The van der Waals surface area contributed by atoms with Crippen LogP contribution < -0.4 is 0 Å². The summed E-state index contributed by atoms with van der Waals surface area (Å²) in [6.07, 6.45) is 6.10. The van der Waals surface area contributed by atoms with Crippen LogP contribution in [0.5, 0.6) is 0 Å². The number of carbonyl (C=O) groups excluding carboxylic acids is 1. The summed E-state index contributed by atoms with van der Waals surface area (Å²) < 4.78 is 11.0. The summed E-state index contributed by atoms with van der Waals surface area (Å²) in [5, 5.41) is 0. The topological polar surface area (TPSA) is 45.9 Å². The predicted molar refractivity (Wildman–Crippen MR) is 91.8 cm³/mol. The molecule has 0 bridgehead atoms. The third-order valence-electron chi connectivity index (χ3n) is 4.59.